The Morgan fingerprint density at radius 2 is 1.68 bits per heavy atom. The van der Waals surface area contributed by atoms with E-state index in [1.165, 1.54) is 10.5 Å². The van der Waals surface area contributed by atoms with E-state index in [2.05, 4.69) is 10.5 Å². The van der Waals surface area contributed by atoms with Crippen LogP contribution in [-0.2, 0) is 21.4 Å². The van der Waals surface area contributed by atoms with E-state index in [4.69, 9.17) is 9.47 Å². The molecule has 0 aliphatic carbocycles. The molecule has 0 atom stereocenters. The van der Waals surface area contributed by atoms with Gasteiger partial charge in [-0.05, 0) is 48.4 Å². The molecule has 1 fully saturated rings. The van der Waals surface area contributed by atoms with Gasteiger partial charge in [0.05, 0.1) is 24.8 Å². The van der Waals surface area contributed by atoms with Crippen LogP contribution in [0.25, 0.3) is 0 Å². The number of hydrogen-bond donors (Lipinski definition) is 1. The molecule has 10 heteroatoms. The zero-order chi connectivity index (χ0) is 27.0. The monoisotopic (exact) mass is 536 g/mol. The first kappa shape index (κ1) is 27.3. The number of piperazine rings is 1. The number of nitrogens with zero attached hydrogens (tertiary/aromatic N) is 3. The van der Waals surface area contributed by atoms with Gasteiger partial charge in [0.1, 0.15) is 6.61 Å². The van der Waals surface area contributed by atoms with Crippen molar-refractivity contribution in [3.05, 3.63) is 89.5 Å². The van der Waals surface area contributed by atoms with Gasteiger partial charge in [-0.1, -0.05) is 48.0 Å². The molecule has 0 aromatic heterocycles. The highest BCUT2D eigenvalue weighted by atomic mass is 32.2. The van der Waals surface area contributed by atoms with Crippen LogP contribution in [0.4, 0.5) is 0 Å². The van der Waals surface area contributed by atoms with E-state index in [0.29, 0.717) is 44.3 Å². The van der Waals surface area contributed by atoms with Crippen molar-refractivity contribution in [3.63, 3.8) is 0 Å². The fourth-order valence-corrected chi connectivity index (χ4v) is 5.45. The van der Waals surface area contributed by atoms with Crippen LogP contribution >= 0.6 is 0 Å². The molecule has 1 N–H and O–H groups in total. The Morgan fingerprint density at radius 3 is 2.37 bits per heavy atom. The molecule has 0 bridgehead atoms. The second-order valence-corrected chi connectivity index (χ2v) is 10.9. The van der Waals surface area contributed by atoms with Gasteiger partial charge in [0.2, 0.25) is 10.0 Å². The molecular formula is C28H32N4O5S. The van der Waals surface area contributed by atoms with Gasteiger partial charge in [0.15, 0.2) is 11.5 Å². The van der Waals surface area contributed by atoms with E-state index in [0.717, 1.165) is 16.7 Å². The van der Waals surface area contributed by atoms with Crippen molar-refractivity contribution in [1.82, 2.24) is 14.6 Å². The van der Waals surface area contributed by atoms with E-state index >= 15 is 0 Å². The molecule has 1 heterocycles. The summed E-state index contributed by atoms with van der Waals surface area (Å²) in [7, 11) is -1.97. The van der Waals surface area contributed by atoms with Crippen LogP contribution < -0.4 is 14.9 Å². The normalized spacial score (nSPS) is 14.9. The van der Waals surface area contributed by atoms with Crippen LogP contribution in [0.2, 0.25) is 0 Å². The summed E-state index contributed by atoms with van der Waals surface area (Å²) in [6.07, 6.45) is 1.54. The zero-order valence-electron chi connectivity index (χ0n) is 21.5. The minimum Gasteiger partial charge on any atom is -0.493 e. The molecule has 200 valence electrons. The van der Waals surface area contributed by atoms with Gasteiger partial charge >= 0.3 is 0 Å². The van der Waals surface area contributed by atoms with Crippen molar-refractivity contribution in [2.24, 2.45) is 5.10 Å². The maximum atomic E-state index is 12.9. The second-order valence-electron chi connectivity index (χ2n) is 8.97. The molecule has 9 nitrogen and oxygen atoms in total. The number of amides is 1. The molecule has 38 heavy (non-hydrogen) atoms. The van der Waals surface area contributed by atoms with Crippen LogP contribution in [0.5, 0.6) is 11.5 Å². The predicted octanol–water partition coefficient (Wildman–Crippen LogP) is 3.04. The Hall–Kier alpha value is -3.73. The molecule has 1 aliphatic heterocycles. The van der Waals surface area contributed by atoms with Crippen LogP contribution in [-0.4, -0.2) is 69.6 Å². The molecule has 1 amide bonds. The van der Waals surface area contributed by atoms with Gasteiger partial charge in [-0.25, -0.2) is 13.8 Å². The minimum absolute atomic E-state index is 0.130. The third-order valence-corrected chi connectivity index (χ3v) is 8.10. The van der Waals surface area contributed by atoms with Crippen LogP contribution in [0.3, 0.4) is 0 Å². The van der Waals surface area contributed by atoms with Crippen molar-refractivity contribution in [1.29, 1.82) is 0 Å². The first-order valence-corrected chi connectivity index (χ1v) is 13.7. The molecule has 3 aromatic rings. The summed E-state index contributed by atoms with van der Waals surface area (Å²) < 4.78 is 38.5. The Morgan fingerprint density at radius 1 is 0.974 bits per heavy atom. The Labute approximate surface area is 223 Å². The molecule has 0 unspecified atom stereocenters. The lowest BCUT2D eigenvalue weighted by Gasteiger charge is -2.33. The summed E-state index contributed by atoms with van der Waals surface area (Å²) in [6.45, 7) is 4.04. The summed E-state index contributed by atoms with van der Waals surface area (Å²) in [5, 5.41) is 4.05. The lowest BCUT2D eigenvalue weighted by Crippen LogP contribution is -2.50. The van der Waals surface area contributed by atoms with Crippen LogP contribution in [0.1, 0.15) is 16.7 Å². The third-order valence-electron chi connectivity index (χ3n) is 6.18. The highest BCUT2D eigenvalue weighted by molar-refractivity contribution is 7.89. The van der Waals surface area contributed by atoms with Gasteiger partial charge in [-0.3, -0.25) is 9.69 Å². The molecule has 1 aliphatic rings. The van der Waals surface area contributed by atoms with E-state index in [1.54, 1.807) is 43.5 Å². The SMILES string of the molecule is COc1cc(/C=N\NC(=O)CN2CCN(S(=O)(=O)c3ccc(C)cc3)CC2)ccc1OCc1ccccc1. The quantitative estimate of drug-likeness (QED) is 0.316. The van der Waals surface area contributed by atoms with Gasteiger partial charge in [0.25, 0.3) is 5.91 Å². The molecule has 0 radical (unpaired) electrons. The first-order chi connectivity index (χ1) is 18.3. The van der Waals surface area contributed by atoms with Gasteiger partial charge in [-0.2, -0.15) is 9.41 Å². The molecule has 3 aromatic carbocycles. The van der Waals surface area contributed by atoms with Crippen LogP contribution in [0, 0.1) is 6.92 Å². The average Bonchev–Trinajstić information content (AvgIpc) is 2.93. The standard InChI is InChI=1S/C28H32N4O5S/c1-22-8-11-25(12-9-22)38(34,35)32-16-14-31(15-17-32)20-28(33)30-29-19-24-10-13-26(27(18-24)36-2)37-21-23-6-4-3-5-7-23/h3-13,18-19H,14-17,20-21H2,1-2H3,(H,30,33)/b29-19-. The minimum atomic E-state index is -3.54. The maximum absolute atomic E-state index is 12.9. The number of methoxy groups -OCH3 is 1. The Balaban J connectivity index is 1.24. The Kier molecular flexibility index (Phi) is 9.11. The van der Waals surface area contributed by atoms with Gasteiger partial charge in [-0.15, -0.1) is 0 Å². The highest BCUT2D eigenvalue weighted by Gasteiger charge is 2.28. The van der Waals surface area contributed by atoms with Crippen molar-refractivity contribution in [2.45, 2.75) is 18.4 Å². The van der Waals surface area contributed by atoms with Gasteiger partial charge < -0.3 is 9.47 Å². The van der Waals surface area contributed by atoms with E-state index in [9.17, 15) is 13.2 Å². The van der Waals surface area contributed by atoms with Crippen LogP contribution in [0.15, 0.2) is 82.8 Å². The predicted molar refractivity (Wildman–Crippen MR) is 146 cm³/mol. The lowest BCUT2D eigenvalue weighted by atomic mass is 10.2. The third kappa shape index (κ3) is 7.18. The van der Waals surface area contributed by atoms with Gasteiger partial charge in [0, 0.05) is 26.2 Å². The first-order valence-electron chi connectivity index (χ1n) is 12.3. The highest BCUT2D eigenvalue weighted by Crippen LogP contribution is 2.28. The number of hydrazone groups is 1. The number of carbonyl (C=O) groups is 1. The topological polar surface area (TPSA) is 101 Å². The molecule has 0 saturated carbocycles. The molecule has 0 spiro atoms. The van der Waals surface area contributed by atoms with Crippen molar-refractivity contribution in [2.75, 3.05) is 39.8 Å². The number of carbonyl (C=O) groups excluding carboxylic acids is 1. The average molecular weight is 537 g/mol. The van der Waals surface area contributed by atoms with Crippen molar-refractivity contribution >= 4 is 22.1 Å². The largest absolute Gasteiger partial charge is 0.493 e. The Bertz CT molecular complexity index is 1350. The summed E-state index contributed by atoms with van der Waals surface area (Å²) in [5.41, 5.74) is 5.33. The zero-order valence-corrected chi connectivity index (χ0v) is 22.4. The number of hydrogen-bond acceptors (Lipinski definition) is 7. The summed E-state index contributed by atoms with van der Waals surface area (Å²) in [6, 6.07) is 22.1. The van der Waals surface area contributed by atoms with E-state index in [1.807, 2.05) is 48.2 Å². The number of sulfonamides is 1. The number of aryl methyl sites for hydroxylation is 1. The fourth-order valence-electron chi connectivity index (χ4n) is 4.02. The number of benzene rings is 3. The summed E-state index contributed by atoms with van der Waals surface area (Å²) >= 11 is 0. The smallest absolute Gasteiger partial charge is 0.254 e. The fraction of sp³-hybridized carbons (Fsp3) is 0.286. The van der Waals surface area contributed by atoms with E-state index < -0.39 is 10.0 Å². The van der Waals surface area contributed by atoms with E-state index in [-0.39, 0.29) is 17.3 Å². The maximum Gasteiger partial charge on any atom is 0.254 e. The molecule has 4 rings (SSSR count). The number of rotatable bonds is 10. The lowest BCUT2D eigenvalue weighted by molar-refractivity contribution is -0.122. The number of ether oxygens (including phenoxy) is 2. The summed E-state index contributed by atoms with van der Waals surface area (Å²) in [4.78, 5) is 14.6. The molecular weight excluding hydrogens is 504 g/mol. The summed E-state index contributed by atoms with van der Waals surface area (Å²) in [5.74, 6) is 0.904. The van der Waals surface area contributed by atoms with Crippen molar-refractivity contribution < 1.29 is 22.7 Å². The second kappa shape index (κ2) is 12.7. The number of nitrogens with one attached hydrogen (secondary N) is 1. The van der Waals surface area contributed by atoms with Crippen molar-refractivity contribution in [3.8, 4) is 11.5 Å². The molecule has 1 saturated heterocycles.